The number of nitrogens with zero attached hydrogens (tertiary/aromatic N) is 1. The van der Waals surface area contributed by atoms with Gasteiger partial charge in [0.1, 0.15) is 18.1 Å². The van der Waals surface area contributed by atoms with Gasteiger partial charge < -0.3 is 14.9 Å². The van der Waals surface area contributed by atoms with Gasteiger partial charge in [-0.05, 0) is 62.2 Å². The number of carbonyl (C=O) groups is 2. The highest BCUT2D eigenvalue weighted by Crippen LogP contribution is 2.32. The predicted octanol–water partition coefficient (Wildman–Crippen LogP) is 5.04. The molecule has 0 spiro atoms. The molecule has 0 fully saturated rings. The van der Waals surface area contributed by atoms with Crippen molar-refractivity contribution in [3.05, 3.63) is 76.6 Å². The number of aromatic hydroxyl groups is 1. The lowest BCUT2D eigenvalue weighted by molar-refractivity contribution is 0.0696. The van der Waals surface area contributed by atoms with Crippen LogP contribution in [0.2, 0.25) is 0 Å². The van der Waals surface area contributed by atoms with Crippen molar-refractivity contribution < 1.29 is 24.5 Å². The predicted molar refractivity (Wildman–Crippen MR) is 114 cm³/mol. The monoisotopic (exact) mass is 423 g/mol. The fourth-order valence-electron chi connectivity index (χ4n) is 2.90. The molecule has 0 aliphatic carbocycles. The van der Waals surface area contributed by atoms with Crippen LogP contribution in [0.3, 0.4) is 0 Å². The van der Waals surface area contributed by atoms with E-state index in [4.69, 9.17) is 9.84 Å². The molecule has 3 rings (SSSR count). The van der Waals surface area contributed by atoms with Gasteiger partial charge in [-0.15, -0.1) is 0 Å². The maximum Gasteiger partial charge on any atom is 0.337 e. The Hall–Kier alpha value is -3.32. The number of phenolic OH excluding ortho intramolecular Hbond substituents is 1. The van der Waals surface area contributed by atoms with Crippen molar-refractivity contribution in [3.8, 4) is 11.5 Å². The average molecular weight is 423 g/mol. The summed E-state index contributed by atoms with van der Waals surface area (Å²) in [5, 5.41) is 19.3. The third-order valence-corrected chi connectivity index (χ3v) is 5.60. The summed E-state index contributed by atoms with van der Waals surface area (Å²) in [6, 6.07) is 10.7. The van der Waals surface area contributed by atoms with E-state index < -0.39 is 5.97 Å². The first-order valence-corrected chi connectivity index (χ1v) is 10.00. The Morgan fingerprint density at radius 2 is 1.83 bits per heavy atom. The Bertz CT molecular complexity index is 1130. The first kappa shape index (κ1) is 21.4. The lowest BCUT2D eigenvalue weighted by Crippen LogP contribution is -2.01. The second-order valence-corrected chi connectivity index (χ2v) is 7.98. The maximum atomic E-state index is 11.5. The highest BCUT2D eigenvalue weighted by atomic mass is 32.2. The Morgan fingerprint density at radius 1 is 1.07 bits per heavy atom. The number of aromatic carboxylic acids is 1. The van der Waals surface area contributed by atoms with Crippen molar-refractivity contribution in [3.63, 3.8) is 0 Å². The minimum atomic E-state index is -1.01. The second-order valence-electron chi connectivity index (χ2n) is 6.83. The quantitative estimate of drug-likeness (QED) is 0.514. The summed E-state index contributed by atoms with van der Waals surface area (Å²) in [6.07, 6.45) is 2.95. The number of pyridine rings is 1. The van der Waals surface area contributed by atoms with Gasteiger partial charge in [-0.3, -0.25) is 9.78 Å². The zero-order chi connectivity index (χ0) is 21.8. The largest absolute Gasteiger partial charge is 0.507 e. The van der Waals surface area contributed by atoms with Gasteiger partial charge in [0.15, 0.2) is 5.78 Å². The summed E-state index contributed by atoms with van der Waals surface area (Å²) in [5.41, 5.74) is 2.95. The first-order valence-electron chi connectivity index (χ1n) is 9.18. The molecule has 0 amide bonds. The van der Waals surface area contributed by atoms with E-state index in [1.54, 1.807) is 31.3 Å². The number of aryl methyl sites for hydroxylation is 1. The number of ketones is 1. The molecule has 0 unspecified atom stereocenters. The van der Waals surface area contributed by atoms with Crippen LogP contribution in [0.4, 0.5) is 0 Å². The van der Waals surface area contributed by atoms with E-state index >= 15 is 0 Å². The van der Waals surface area contributed by atoms with E-state index in [1.807, 2.05) is 25.1 Å². The van der Waals surface area contributed by atoms with Gasteiger partial charge in [0.05, 0.1) is 11.1 Å². The number of carboxylic acids is 1. The number of benzene rings is 2. The van der Waals surface area contributed by atoms with Crippen molar-refractivity contribution in [2.24, 2.45) is 0 Å². The summed E-state index contributed by atoms with van der Waals surface area (Å²) < 4.78 is 5.87. The summed E-state index contributed by atoms with van der Waals surface area (Å²) in [6.45, 7) is 5.40. The fraction of sp³-hybridized carbons (Fsp3) is 0.174. The van der Waals surface area contributed by atoms with E-state index in [-0.39, 0.29) is 22.7 Å². The Labute approximate surface area is 178 Å². The molecule has 2 aromatic carbocycles. The number of carbonyl (C=O) groups excluding carboxylic acids is 1. The summed E-state index contributed by atoms with van der Waals surface area (Å²) in [7, 11) is 0. The SMILES string of the molecule is CC(=O)c1ccc(OCc2ccc(Sc3cncc(C(=O)O)c3)cc2C)c(C)c1O. The Balaban J connectivity index is 1.72. The summed E-state index contributed by atoms with van der Waals surface area (Å²) in [4.78, 5) is 28.3. The molecule has 1 aromatic heterocycles. The van der Waals surface area contributed by atoms with Gasteiger partial charge in [0.2, 0.25) is 0 Å². The molecule has 0 aliphatic rings. The molecule has 0 saturated carbocycles. The molecular formula is C23H21NO5S. The van der Waals surface area contributed by atoms with E-state index in [1.165, 1.54) is 24.9 Å². The number of hydrogen-bond acceptors (Lipinski definition) is 6. The van der Waals surface area contributed by atoms with Crippen LogP contribution in [0.15, 0.2) is 58.6 Å². The number of ether oxygens (including phenoxy) is 1. The zero-order valence-electron chi connectivity index (χ0n) is 16.8. The van der Waals surface area contributed by atoms with Crippen LogP contribution < -0.4 is 4.74 Å². The molecule has 2 N–H and O–H groups in total. The number of Topliss-reactive ketones (excluding diaryl/α,β-unsaturated/α-hetero) is 1. The lowest BCUT2D eigenvalue weighted by atomic mass is 10.1. The van der Waals surface area contributed by atoms with Crippen LogP contribution in [-0.4, -0.2) is 26.9 Å². The molecule has 1 heterocycles. The molecular weight excluding hydrogens is 402 g/mol. The van der Waals surface area contributed by atoms with E-state index in [0.29, 0.717) is 17.9 Å². The van der Waals surface area contributed by atoms with Crippen molar-refractivity contribution >= 4 is 23.5 Å². The summed E-state index contributed by atoms with van der Waals surface area (Å²) >= 11 is 1.43. The number of aromatic nitrogens is 1. The molecule has 0 aliphatic heterocycles. The zero-order valence-corrected chi connectivity index (χ0v) is 17.6. The van der Waals surface area contributed by atoms with Gasteiger partial charge in [-0.2, -0.15) is 0 Å². The van der Waals surface area contributed by atoms with Crippen molar-refractivity contribution in [1.82, 2.24) is 4.98 Å². The minimum Gasteiger partial charge on any atom is -0.507 e. The second kappa shape index (κ2) is 9.00. The van der Waals surface area contributed by atoms with E-state index in [2.05, 4.69) is 4.98 Å². The van der Waals surface area contributed by atoms with Crippen molar-refractivity contribution in [1.29, 1.82) is 0 Å². The van der Waals surface area contributed by atoms with Gasteiger partial charge in [0.25, 0.3) is 0 Å². The van der Waals surface area contributed by atoms with Crippen LogP contribution in [0, 0.1) is 13.8 Å². The fourth-order valence-corrected chi connectivity index (χ4v) is 3.84. The van der Waals surface area contributed by atoms with Crippen LogP contribution in [0.25, 0.3) is 0 Å². The number of hydrogen-bond donors (Lipinski definition) is 2. The van der Waals surface area contributed by atoms with Crippen molar-refractivity contribution in [2.75, 3.05) is 0 Å². The van der Waals surface area contributed by atoms with E-state index in [0.717, 1.165) is 20.9 Å². The number of phenols is 1. The van der Waals surface area contributed by atoms with Gasteiger partial charge in [0, 0.05) is 27.7 Å². The summed E-state index contributed by atoms with van der Waals surface area (Å²) in [5.74, 6) is -0.742. The standard InChI is InChI=1S/C23H21NO5S/c1-13-8-18(30-19-9-17(23(27)28)10-24-11-19)5-4-16(13)12-29-21-7-6-20(15(3)25)22(26)14(21)2/h4-11,26H,12H2,1-3H3,(H,27,28). The maximum absolute atomic E-state index is 11.5. The molecule has 0 atom stereocenters. The topological polar surface area (TPSA) is 96.7 Å². The molecule has 154 valence electrons. The highest BCUT2D eigenvalue weighted by Gasteiger charge is 2.13. The average Bonchev–Trinajstić information content (AvgIpc) is 2.70. The van der Waals surface area contributed by atoms with Gasteiger partial charge >= 0.3 is 5.97 Å². The molecule has 7 heteroatoms. The minimum absolute atomic E-state index is 0.0549. The molecule has 0 saturated heterocycles. The highest BCUT2D eigenvalue weighted by molar-refractivity contribution is 7.99. The van der Waals surface area contributed by atoms with Gasteiger partial charge in [-0.1, -0.05) is 17.8 Å². The van der Waals surface area contributed by atoms with Crippen LogP contribution >= 0.6 is 11.8 Å². The Morgan fingerprint density at radius 3 is 2.50 bits per heavy atom. The number of rotatable bonds is 7. The number of carboxylic acid groups (broad SMARTS) is 1. The molecule has 30 heavy (non-hydrogen) atoms. The first-order chi connectivity index (χ1) is 14.3. The lowest BCUT2D eigenvalue weighted by Gasteiger charge is -2.14. The van der Waals surface area contributed by atoms with E-state index in [9.17, 15) is 14.7 Å². The van der Waals surface area contributed by atoms with Crippen LogP contribution in [-0.2, 0) is 6.61 Å². The van der Waals surface area contributed by atoms with Crippen LogP contribution in [0.5, 0.6) is 11.5 Å². The third-order valence-electron chi connectivity index (χ3n) is 4.65. The molecule has 6 nitrogen and oxygen atoms in total. The smallest absolute Gasteiger partial charge is 0.337 e. The van der Waals surface area contributed by atoms with Crippen LogP contribution in [0.1, 0.15) is 44.3 Å². The third kappa shape index (κ3) is 4.80. The molecule has 3 aromatic rings. The van der Waals surface area contributed by atoms with Gasteiger partial charge in [-0.25, -0.2) is 4.79 Å². The Kier molecular flexibility index (Phi) is 6.42. The molecule has 0 bridgehead atoms. The normalized spacial score (nSPS) is 10.6. The van der Waals surface area contributed by atoms with Crippen molar-refractivity contribution in [2.45, 2.75) is 37.2 Å². The molecule has 0 radical (unpaired) electrons.